The number of hydrogen-bond donors (Lipinski definition) is 2. The fourth-order valence-corrected chi connectivity index (χ4v) is 3.36. The summed E-state index contributed by atoms with van der Waals surface area (Å²) in [7, 11) is -3.49. The summed E-state index contributed by atoms with van der Waals surface area (Å²) in [4.78, 5) is 0. The minimum absolute atomic E-state index is 0.562. The Balaban J connectivity index is 2.69. The Morgan fingerprint density at radius 3 is 2.24 bits per heavy atom. The van der Waals surface area contributed by atoms with E-state index in [1.54, 1.807) is 20.8 Å². The van der Waals surface area contributed by atoms with E-state index in [1.807, 2.05) is 0 Å². The van der Waals surface area contributed by atoms with E-state index in [4.69, 9.17) is 0 Å². The molecule has 1 rings (SSSR count). The molecule has 102 valence electrons. The monoisotopic (exact) mass is 264 g/mol. The van der Waals surface area contributed by atoms with E-state index in [0.717, 1.165) is 12.8 Å². The lowest BCUT2D eigenvalue weighted by Gasteiger charge is -2.35. The molecule has 1 fully saturated rings. The van der Waals surface area contributed by atoms with Gasteiger partial charge >= 0.3 is 0 Å². The van der Waals surface area contributed by atoms with Crippen LogP contribution < -0.4 is 4.72 Å². The van der Waals surface area contributed by atoms with Crippen molar-refractivity contribution in [2.24, 2.45) is 5.92 Å². The van der Waals surface area contributed by atoms with Crippen LogP contribution in [-0.2, 0) is 10.2 Å². The van der Waals surface area contributed by atoms with Gasteiger partial charge < -0.3 is 5.11 Å². The van der Waals surface area contributed by atoms with Crippen molar-refractivity contribution in [3.8, 4) is 0 Å². The Morgan fingerprint density at radius 1 is 1.35 bits per heavy atom. The summed E-state index contributed by atoms with van der Waals surface area (Å²) in [6.07, 6.45) is 1.06. The average molecular weight is 264 g/mol. The lowest BCUT2D eigenvalue weighted by molar-refractivity contribution is 0.110. The van der Waals surface area contributed by atoms with Gasteiger partial charge in [0.15, 0.2) is 0 Å². The molecule has 1 saturated heterocycles. The van der Waals surface area contributed by atoms with E-state index < -0.39 is 21.9 Å². The predicted molar refractivity (Wildman–Crippen MR) is 67.8 cm³/mol. The first-order chi connectivity index (χ1) is 7.65. The number of hydrogen-bond acceptors (Lipinski definition) is 3. The van der Waals surface area contributed by atoms with Crippen LogP contribution in [0.15, 0.2) is 0 Å². The van der Waals surface area contributed by atoms with Gasteiger partial charge in [0, 0.05) is 13.1 Å². The first kappa shape index (κ1) is 14.9. The van der Waals surface area contributed by atoms with Crippen molar-refractivity contribution in [2.75, 3.05) is 13.1 Å². The van der Waals surface area contributed by atoms with E-state index in [-0.39, 0.29) is 0 Å². The first-order valence-electron chi connectivity index (χ1n) is 6.12. The standard InChI is InChI=1S/C11H24N2O3S/c1-9-5-7-13(8-6-9)17(15,16)12-11(3,4)10(2)14/h9-10,12,14H,5-8H2,1-4H3. The molecule has 0 amide bonds. The molecule has 0 saturated carbocycles. The molecule has 0 aliphatic carbocycles. The molecule has 6 heteroatoms. The van der Waals surface area contributed by atoms with Crippen molar-refractivity contribution < 1.29 is 13.5 Å². The number of nitrogens with one attached hydrogen (secondary N) is 1. The third-order valence-corrected chi connectivity index (χ3v) is 5.35. The van der Waals surface area contributed by atoms with Crippen LogP contribution in [0.3, 0.4) is 0 Å². The summed E-state index contributed by atoms with van der Waals surface area (Å²) in [5, 5.41) is 9.54. The molecule has 0 bridgehead atoms. The molecule has 0 aromatic carbocycles. The molecule has 1 heterocycles. The maximum absolute atomic E-state index is 12.1. The second-order valence-electron chi connectivity index (χ2n) is 5.59. The van der Waals surface area contributed by atoms with Gasteiger partial charge in [0.05, 0.1) is 11.6 Å². The van der Waals surface area contributed by atoms with Crippen molar-refractivity contribution in [1.82, 2.24) is 9.03 Å². The van der Waals surface area contributed by atoms with Gasteiger partial charge in [-0.1, -0.05) is 6.92 Å². The summed E-state index contributed by atoms with van der Waals surface area (Å²) in [6.45, 7) is 8.21. The van der Waals surface area contributed by atoms with Gasteiger partial charge in [0.2, 0.25) is 0 Å². The Bertz CT molecular complexity index is 344. The second kappa shape index (κ2) is 5.22. The van der Waals surface area contributed by atoms with Gasteiger partial charge in [-0.3, -0.25) is 0 Å². The van der Waals surface area contributed by atoms with Crippen LogP contribution in [0.1, 0.15) is 40.5 Å². The van der Waals surface area contributed by atoms with E-state index in [2.05, 4.69) is 11.6 Å². The molecule has 5 nitrogen and oxygen atoms in total. The van der Waals surface area contributed by atoms with E-state index >= 15 is 0 Å². The Kier molecular flexibility index (Phi) is 4.57. The van der Waals surface area contributed by atoms with Crippen LogP contribution in [0.5, 0.6) is 0 Å². The van der Waals surface area contributed by atoms with Gasteiger partial charge in [0.1, 0.15) is 0 Å². The molecule has 2 N–H and O–H groups in total. The van der Waals surface area contributed by atoms with Crippen LogP contribution in [0.25, 0.3) is 0 Å². The lowest BCUT2D eigenvalue weighted by atomic mass is 10.0. The fraction of sp³-hybridized carbons (Fsp3) is 1.00. The molecular weight excluding hydrogens is 240 g/mol. The molecule has 1 aliphatic heterocycles. The highest BCUT2D eigenvalue weighted by Gasteiger charge is 2.34. The maximum atomic E-state index is 12.1. The Labute approximate surface area is 104 Å². The van der Waals surface area contributed by atoms with Gasteiger partial charge in [-0.25, -0.2) is 0 Å². The average Bonchev–Trinajstić information content (AvgIpc) is 2.16. The summed E-state index contributed by atoms with van der Waals surface area (Å²) in [6, 6.07) is 0. The largest absolute Gasteiger partial charge is 0.391 e. The van der Waals surface area contributed by atoms with Gasteiger partial charge in [-0.05, 0) is 39.5 Å². The maximum Gasteiger partial charge on any atom is 0.280 e. The summed E-state index contributed by atoms with van der Waals surface area (Å²) in [5.41, 5.74) is -0.845. The van der Waals surface area contributed by atoms with Crippen molar-refractivity contribution >= 4 is 10.2 Å². The highest BCUT2D eigenvalue weighted by molar-refractivity contribution is 7.87. The van der Waals surface area contributed by atoms with Gasteiger partial charge in [0.25, 0.3) is 10.2 Å². The SMILES string of the molecule is CC1CCN(S(=O)(=O)NC(C)(C)C(C)O)CC1. The van der Waals surface area contributed by atoms with Crippen LogP contribution in [-0.4, -0.2) is 42.6 Å². The third-order valence-electron chi connectivity index (χ3n) is 3.52. The number of nitrogens with zero attached hydrogens (tertiary/aromatic N) is 1. The lowest BCUT2D eigenvalue weighted by Crippen LogP contribution is -2.56. The van der Waals surface area contributed by atoms with E-state index in [0.29, 0.717) is 19.0 Å². The van der Waals surface area contributed by atoms with Crippen LogP contribution in [0, 0.1) is 5.92 Å². The molecule has 0 aromatic rings. The van der Waals surface area contributed by atoms with Crippen LogP contribution in [0.4, 0.5) is 0 Å². The number of aliphatic hydroxyl groups is 1. The van der Waals surface area contributed by atoms with Crippen molar-refractivity contribution in [3.05, 3.63) is 0 Å². The first-order valence-corrected chi connectivity index (χ1v) is 7.56. The van der Waals surface area contributed by atoms with Crippen LogP contribution >= 0.6 is 0 Å². The number of rotatable bonds is 4. The van der Waals surface area contributed by atoms with Crippen molar-refractivity contribution in [2.45, 2.75) is 52.2 Å². The summed E-state index contributed by atoms with van der Waals surface area (Å²) < 4.78 is 28.3. The molecule has 0 radical (unpaired) electrons. The molecule has 0 aromatic heterocycles. The van der Waals surface area contributed by atoms with Gasteiger partial charge in [-0.15, -0.1) is 0 Å². The number of aliphatic hydroxyl groups excluding tert-OH is 1. The van der Waals surface area contributed by atoms with Crippen molar-refractivity contribution in [3.63, 3.8) is 0 Å². The highest BCUT2D eigenvalue weighted by atomic mass is 32.2. The van der Waals surface area contributed by atoms with Crippen LogP contribution in [0.2, 0.25) is 0 Å². The zero-order chi connectivity index (χ0) is 13.3. The Morgan fingerprint density at radius 2 is 1.82 bits per heavy atom. The zero-order valence-electron chi connectivity index (χ0n) is 11.1. The van der Waals surface area contributed by atoms with E-state index in [1.165, 1.54) is 4.31 Å². The smallest absolute Gasteiger partial charge is 0.280 e. The van der Waals surface area contributed by atoms with E-state index in [9.17, 15) is 13.5 Å². The quantitative estimate of drug-likeness (QED) is 0.786. The van der Waals surface area contributed by atoms with Gasteiger partial charge in [-0.2, -0.15) is 17.4 Å². The van der Waals surface area contributed by atoms with Crippen molar-refractivity contribution in [1.29, 1.82) is 0 Å². The normalized spacial score (nSPS) is 22.6. The molecule has 17 heavy (non-hydrogen) atoms. The predicted octanol–water partition coefficient (Wildman–Crippen LogP) is 0.712. The zero-order valence-corrected chi connectivity index (χ0v) is 11.9. The molecular formula is C11H24N2O3S. The summed E-state index contributed by atoms with van der Waals surface area (Å²) >= 11 is 0. The minimum Gasteiger partial charge on any atom is -0.391 e. The topological polar surface area (TPSA) is 69.6 Å². The molecule has 1 atom stereocenters. The number of piperidine rings is 1. The molecule has 0 spiro atoms. The third kappa shape index (κ3) is 3.91. The second-order valence-corrected chi connectivity index (χ2v) is 7.26. The highest BCUT2D eigenvalue weighted by Crippen LogP contribution is 2.20. The molecule has 1 unspecified atom stereocenters. The fourth-order valence-electron chi connectivity index (χ4n) is 1.71. The Hall–Kier alpha value is -0.170. The summed E-state index contributed by atoms with van der Waals surface area (Å²) in [5.74, 6) is 0.589. The molecule has 1 aliphatic rings. The minimum atomic E-state index is -3.49.